The van der Waals surface area contributed by atoms with E-state index in [0.29, 0.717) is 6.42 Å². The highest BCUT2D eigenvalue weighted by Crippen LogP contribution is 2.36. The first-order valence-corrected chi connectivity index (χ1v) is 9.76. The fourth-order valence-electron chi connectivity index (χ4n) is 3.86. The van der Waals surface area contributed by atoms with E-state index in [1.807, 2.05) is 66.8 Å². The minimum Gasteiger partial charge on any atom is -0.501 e. The second-order valence-corrected chi connectivity index (χ2v) is 7.27. The van der Waals surface area contributed by atoms with E-state index in [1.165, 1.54) is 0 Å². The van der Waals surface area contributed by atoms with Gasteiger partial charge in [0.2, 0.25) is 0 Å². The van der Waals surface area contributed by atoms with Crippen molar-refractivity contribution in [3.05, 3.63) is 88.7 Å². The number of carbonyl (C=O) groups excluding carboxylic acids is 1. The number of aromatic amines is 1. The normalized spacial score (nSPS) is 19.7. The fraction of sp³-hybridized carbons (Fsp3) is 0.125. The Morgan fingerprint density at radius 2 is 2.10 bits per heavy atom. The third kappa shape index (κ3) is 3.33. The largest absolute Gasteiger partial charge is 0.501 e. The molecular formula is C24H20N4O2. The summed E-state index contributed by atoms with van der Waals surface area (Å²) in [5.74, 6) is 0.826. The number of H-pyrrole nitrogens is 1. The summed E-state index contributed by atoms with van der Waals surface area (Å²) in [6.45, 7) is 0. The molecule has 0 bridgehead atoms. The standard InChI is InChI=1S/C24H20N4O2/c1-30-17-7-10-21-19(14-17)20(24(29)26-21)12-15-5-8-18-22(27-28-23(18)13-15)9-6-16-4-2-3-11-25-16/h2-13,19H,14H2,1H3,(H,26,29)(H,27,28)/b9-6+,20-12+. The Hall–Kier alpha value is -3.93. The highest BCUT2D eigenvalue weighted by Gasteiger charge is 2.35. The Bertz CT molecular complexity index is 1250. The van der Waals surface area contributed by atoms with Gasteiger partial charge in [-0.15, -0.1) is 0 Å². The van der Waals surface area contributed by atoms with Crippen LogP contribution in [0.5, 0.6) is 0 Å². The molecule has 2 aliphatic rings. The summed E-state index contributed by atoms with van der Waals surface area (Å²) in [6.07, 6.45) is 12.1. The van der Waals surface area contributed by atoms with Gasteiger partial charge < -0.3 is 10.1 Å². The van der Waals surface area contributed by atoms with Crippen LogP contribution in [0.15, 0.2) is 71.8 Å². The number of pyridine rings is 1. The second-order valence-electron chi connectivity index (χ2n) is 7.27. The number of methoxy groups -OCH3 is 1. The fourth-order valence-corrected chi connectivity index (χ4v) is 3.86. The highest BCUT2D eigenvalue weighted by atomic mass is 16.5. The Morgan fingerprint density at radius 1 is 1.17 bits per heavy atom. The molecule has 148 valence electrons. The van der Waals surface area contributed by atoms with Crippen molar-refractivity contribution in [3.8, 4) is 0 Å². The number of amides is 1. The number of nitrogens with zero attached hydrogens (tertiary/aromatic N) is 2. The van der Waals surface area contributed by atoms with E-state index in [9.17, 15) is 4.79 Å². The van der Waals surface area contributed by atoms with Crippen molar-refractivity contribution in [3.63, 3.8) is 0 Å². The summed E-state index contributed by atoms with van der Waals surface area (Å²) >= 11 is 0. The number of nitrogens with one attached hydrogen (secondary N) is 2. The van der Waals surface area contributed by atoms with Crippen molar-refractivity contribution in [2.45, 2.75) is 6.42 Å². The van der Waals surface area contributed by atoms with Crippen LogP contribution in [0.2, 0.25) is 0 Å². The van der Waals surface area contributed by atoms with E-state index in [1.54, 1.807) is 13.3 Å². The Balaban J connectivity index is 1.44. The molecule has 1 aliphatic carbocycles. The van der Waals surface area contributed by atoms with Gasteiger partial charge in [0.15, 0.2) is 0 Å². The van der Waals surface area contributed by atoms with Crippen LogP contribution in [-0.4, -0.2) is 28.2 Å². The molecule has 3 aromatic rings. The summed E-state index contributed by atoms with van der Waals surface area (Å²) in [4.78, 5) is 16.8. The van der Waals surface area contributed by atoms with Crippen LogP contribution in [-0.2, 0) is 9.53 Å². The molecule has 2 N–H and O–H groups in total. The number of benzene rings is 1. The van der Waals surface area contributed by atoms with Gasteiger partial charge in [0, 0.05) is 35.2 Å². The van der Waals surface area contributed by atoms with E-state index in [2.05, 4.69) is 20.5 Å². The van der Waals surface area contributed by atoms with Gasteiger partial charge in [0.1, 0.15) is 0 Å². The number of rotatable bonds is 4. The third-order valence-corrected chi connectivity index (χ3v) is 5.43. The molecule has 0 radical (unpaired) electrons. The van der Waals surface area contributed by atoms with E-state index < -0.39 is 0 Å². The third-order valence-electron chi connectivity index (χ3n) is 5.43. The summed E-state index contributed by atoms with van der Waals surface area (Å²) in [6, 6.07) is 11.8. The molecule has 30 heavy (non-hydrogen) atoms. The predicted octanol–water partition coefficient (Wildman–Crippen LogP) is 4.08. The van der Waals surface area contributed by atoms with Gasteiger partial charge in [-0.2, -0.15) is 5.10 Å². The van der Waals surface area contributed by atoms with Crippen LogP contribution >= 0.6 is 0 Å². The first-order chi connectivity index (χ1) is 14.7. The van der Waals surface area contributed by atoms with Crippen molar-refractivity contribution in [2.24, 2.45) is 5.92 Å². The van der Waals surface area contributed by atoms with Crippen LogP contribution in [0, 0.1) is 5.92 Å². The predicted molar refractivity (Wildman–Crippen MR) is 117 cm³/mol. The number of ether oxygens (including phenoxy) is 1. The van der Waals surface area contributed by atoms with Crippen molar-refractivity contribution >= 4 is 35.0 Å². The lowest BCUT2D eigenvalue weighted by atomic mass is 9.90. The molecule has 2 aromatic heterocycles. The zero-order valence-electron chi connectivity index (χ0n) is 16.4. The van der Waals surface area contributed by atoms with Crippen molar-refractivity contribution in [1.82, 2.24) is 20.5 Å². The molecule has 5 rings (SSSR count). The van der Waals surface area contributed by atoms with E-state index in [0.717, 1.165) is 44.9 Å². The molecular weight excluding hydrogens is 376 g/mol. The number of allylic oxidation sites excluding steroid dienone is 4. The number of hydrogen-bond donors (Lipinski definition) is 2. The highest BCUT2D eigenvalue weighted by molar-refractivity contribution is 6.03. The van der Waals surface area contributed by atoms with Gasteiger partial charge in [0.05, 0.1) is 29.8 Å². The zero-order chi connectivity index (χ0) is 20.5. The van der Waals surface area contributed by atoms with Gasteiger partial charge in [0.25, 0.3) is 5.91 Å². The molecule has 1 amide bonds. The minimum atomic E-state index is -0.0549. The number of aromatic nitrogens is 3. The van der Waals surface area contributed by atoms with Crippen molar-refractivity contribution < 1.29 is 9.53 Å². The topological polar surface area (TPSA) is 79.9 Å². The summed E-state index contributed by atoms with van der Waals surface area (Å²) in [5, 5.41) is 11.5. The smallest absolute Gasteiger partial charge is 0.252 e. The number of fused-ring (bicyclic) bond motifs is 2. The molecule has 6 nitrogen and oxygen atoms in total. The van der Waals surface area contributed by atoms with Crippen LogP contribution < -0.4 is 5.32 Å². The summed E-state index contributed by atoms with van der Waals surface area (Å²) < 4.78 is 5.37. The molecule has 1 aromatic carbocycles. The molecule has 6 heteroatoms. The van der Waals surface area contributed by atoms with Crippen LogP contribution in [0.4, 0.5) is 0 Å². The van der Waals surface area contributed by atoms with Gasteiger partial charge in [-0.1, -0.05) is 12.1 Å². The van der Waals surface area contributed by atoms with Crippen LogP contribution in [0.25, 0.3) is 29.1 Å². The molecule has 1 unspecified atom stereocenters. The lowest BCUT2D eigenvalue weighted by molar-refractivity contribution is -0.115. The molecule has 1 fully saturated rings. The molecule has 3 heterocycles. The molecule has 1 saturated heterocycles. The minimum absolute atomic E-state index is 0.00628. The van der Waals surface area contributed by atoms with Crippen molar-refractivity contribution in [2.75, 3.05) is 7.11 Å². The molecule has 0 saturated carbocycles. The monoisotopic (exact) mass is 396 g/mol. The molecule has 1 aliphatic heterocycles. The average molecular weight is 396 g/mol. The second kappa shape index (κ2) is 7.48. The van der Waals surface area contributed by atoms with Gasteiger partial charge in [-0.25, -0.2) is 0 Å². The van der Waals surface area contributed by atoms with E-state index >= 15 is 0 Å². The van der Waals surface area contributed by atoms with Crippen LogP contribution in [0.1, 0.15) is 23.4 Å². The van der Waals surface area contributed by atoms with Gasteiger partial charge >= 0.3 is 0 Å². The van der Waals surface area contributed by atoms with Crippen molar-refractivity contribution in [1.29, 1.82) is 0 Å². The van der Waals surface area contributed by atoms with E-state index in [-0.39, 0.29) is 11.8 Å². The maximum atomic E-state index is 12.5. The Kier molecular flexibility index (Phi) is 4.52. The summed E-state index contributed by atoms with van der Waals surface area (Å²) in [7, 11) is 1.66. The molecule has 1 atom stereocenters. The Morgan fingerprint density at radius 3 is 2.93 bits per heavy atom. The first kappa shape index (κ1) is 18.1. The maximum absolute atomic E-state index is 12.5. The number of hydrogen-bond acceptors (Lipinski definition) is 4. The lowest BCUT2D eigenvalue weighted by Gasteiger charge is -2.17. The lowest BCUT2D eigenvalue weighted by Crippen LogP contribution is -2.14. The molecule has 0 spiro atoms. The zero-order valence-corrected chi connectivity index (χ0v) is 16.4. The van der Waals surface area contributed by atoms with Gasteiger partial charge in [-0.05, 0) is 60.2 Å². The van der Waals surface area contributed by atoms with Crippen LogP contribution in [0.3, 0.4) is 0 Å². The number of carbonyl (C=O) groups is 1. The average Bonchev–Trinajstić information content (AvgIpc) is 3.32. The Labute approximate surface area is 173 Å². The first-order valence-electron chi connectivity index (χ1n) is 9.76. The summed E-state index contributed by atoms with van der Waals surface area (Å²) in [5.41, 5.74) is 5.27. The van der Waals surface area contributed by atoms with Gasteiger partial charge in [-0.3, -0.25) is 14.9 Å². The SMILES string of the molecule is COC1=CC=C2NC(=O)/C(=C/c3ccc4c(/C=C/c5ccccn5)n[nH]c4c3)C2C1. The quantitative estimate of drug-likeness (QED) is 0.652. The maximum Gasteiger partial charge on any atom is 0.252 e. The van der Waals surface area contributed by atoms with E-state index in [4.69, 9.17) is 4.74 Å².